The van der Waals surface area contributed by atoms with E-state index in [2.05, 4.69) is 41.5 Å². The summed E-state index contributed by atoms with van der Waals surface area (Å²) in [7, 11) is 3.23. The first kappa shape index (κ1) is 32.3. The number of hydrogen-bond donors (Lipinski definition) is 2. The molecule has 2 N–H and O–H groups in total. The first-order chi connectivity index (χ1) is 20.8. The lowest BCUT2D eigenvalue weighted by atomic mass is 9.85. The molecule has 0 radical (unpaired) electrons. The van der Waals surface area contributed by atoms with Gasteiger partial charge in [0, 0.05) is 34.7 Å². The summed E-state index contributed by atoms with van der Waals surface area (Å²) in [5, 5.41) is 22.6. The van der Waals surface area contributed by atoms with Crippen LogP contribution in [0.3, 0.4) is 0 Å². The minimum atomic E-state index is -0.451. The molecule has 0 aliphatic carbocycles. The van der Waals surface area contributed by atoms with Crippen molar-refractivity contribution >= 4 is 12.4 Å². The molecule has 44 heavy (non-hydrogen) atoms. The number of rotatable bonds is 9. The fourth-order valence-electron chi connectivity index (χ4n) is 5.16. The van der Waals surface area contributed by atoms with Crippen LogP contribution in [-0.4, -0.2) is 36.9 Å². The Morgan fingerprint density at radius 1 is 0.568 bits per heavy atom. The van der Waals surface area contributed by atoms with Crippen molar-refractivity contribution in [3.63, 3.8) is 0 Å². The van der Waals surface area contributed by atoms with Gasteiger partial charge in [0.15, 0.2) is 0 Å². The number of methoxy groups -OCH3 is 2. The summed E-state index contributed by atoms with van der Waals surface area (Å²) in [6.45, 7) is 12.3. The van der Waals surface area contributed by atoms with Gasteiger partial charge in [0.2, 0.25) is 0 Å². The third-order valence-corrected chi connectivity index (χ3v) is 7.64. The number of aromatic hydroxyl groups is 2. The van der Waals surface area contributed by atoms with Crippen LogP contribution in [0.5, 0.6) is 23.0 Å². The minimum absolute atomic E-state index is 0.171. The second-order valence-corrected chi connectivity index (χ2v) is 13.0. The molecule has 4 aromatic rings. The molecule has 0 spiro atoms. The van der Waals surface area contributed by atoms with Crippen LogP contribution in [0.15, 0.2) is 94.9 Å². The SMILES string of the molecule is COc1cc(C=N[C@@H](c2ccccc2)[C@@H](N=Cc2cc(OC)cc(C(C)(C)C)c2O)c2ccccc2)c(O)c(C(C)(C)C)c1. The average molecular weight is 593 g/mol. The summed E-state index contributed by atoms with van der Waals surface area (Å²) in [5.74, 6) is 1.63. The van der Waals surface area contributed by atoms with Crippen LogP contribution >= 0.6 is 0 Å². The summed E-state index contributed by atoms with van der Waals surface area (Å²) >= 11 is 0. The van der Waals surface area contributed by atoms with Gasteiger partial charge in [-0.1, -0.05) is 102 Å². The zero-order valence-corrected chi connectivity index (χ0v) is 27.0. The maximum atomic E-state index is 11.3. The topological polar surface area (TPSA) is 83.6 Å². The van der Waals surface area contributed by atoms with E-state index in [1.165, 1.54) is 0 Å². The lowest BCUT2D eigenvalue weighted by Crippen LogP contribution is -2.13. The Bertz CT molecular complexity index is 1490. The molecular formula is C38H44N2O4. The van der Waals surface area contributed by atoms with Gasteiger partial charge >= 0.3 is 0 Å². The maximum Gasteiger partial charge on any atom is 0.128 e. The van der Waals surface area contributed by atoms with Crippen molar-refractivity contribution in [3.8, 4) is 23.0 Å². The zero-order chi connectivity index (χ0) is 32.1. The van der Waals surface area contributed by atoms with Crippen molar-refractivity contribution in [3.05, 3.63) is 118 Å². The molecule has 6 nitrogen and oxygen atoms in total. The predicted molar refractivity (Wildman–Crippen MR) is 180 cm³/mol. The van der Waals surface area contributed by atoms with Crippen LogP contribution < -0.4 is 9.47 Å². The molecule has 0 aliphatic rings. The molecule has 2 atom stereocenters. The van der Waals surface area contributed by atoms with Crippen LogP contribution in [0.1, 0.15) is 87.0 Å². The van der Waals surface area contributed by atoms with Crippen LogP contribution in [0, 0.1) is 0 Å². The van der Waals surface area contributed by atoms with Crippen molar-refractivity contribution in [1.82, 2.24) is 0 Å². The zero-order valence-electron chi connectivity index (χ0n) is 27.0. The van der Waals surface area contributed by atoms with Gasteiger partial charge in [-0.15, -0.1) is 0 Å². The first-order valence-electron chi connectivity index (χ1n) is 14.8. The van der Waals surface area contributed by atoms with Gasteiger partial charge in [0.05, 0.1) is 14.2 Å². The summed E-state index contributed by atoms with van der Waals surface area (Å²) in [6, 6.07) is 26.4. The molecule has 4 rings (SSSR count). The third kappa shape index (κ3) is 7.49. The van der Waals surface area contributed by atoms with Crippen LogP contribution in [0.25, 0.3) is 0 Å². The Hall–Kier alpha value is -4.58. The number of aliphatic imine (C=N–C) groups is 2. The first-order valence-corrected chi connectivity index (χ1v) is 14.8. The molecule has 0 unspecified atom stereocenters. The van der Waals surface area contributed by atoms with Crippen molar-refractivity contribution in [2.75, 3.05) is 14.2 Å². The van der Waals surface area contributed by atoms with E-state index < -0.39 is 12.1 Å². The molecule has 0 aromatic heterocycles. The number of phenols is 2. The van der Waals surface area contributed by atoms with Crippen LogP contribution in [0.4, 0.5) is 0 Å². The summed E-state index contributed by atoms with van der Waals surface area (Å²) in [4.78, 5) is 10.2. The van der Waals surface area contributed by atoms with Crippen molar-refractivity contribution in [2.45, 2.75) is 64.5 Å². The van der Waals surface area contributed by atoms with Gasteiger partial charge < -0.3 is 19.7 Å². The Morgan fingerprint density at radius 2 is 0.909 bits per heavy atom. The molecular weight excluding hydrogens is 548 g/mol. The fourth-order valence-corrected chi connectivity index (χ4v) is 5.16. The highest BCUT2D eigenvalue weighted by molar-refractivity contribution is 5.86. The van der Waals surface area contributed by atoms with Gasteiger partial charge in [-0.25, -0.2) is 0 Å². The molecule has 230 valence electrons. The predicted octanol–water partition coefficient (Wildman–Crippen LogP) is 8.73. The van der Waals surface area contributed by atoms with Gasteiger partial charge in [-0.2, -0.15) is 0 Å². The summed E-state index contributed by atoms with van der Waals surface area (Å²) in [6.07, 6.45) is 3.41. The lowest BCUT2D eigenvalue weighted by molar-refractivity contribution is 0.405. The Morgan fingerprint density at radius 3 is 1.20 bits per heavy atom. The van der Waals surface area contributed by atoms with Crippen LogP contribution in [-0.2, 0) is 10.8 Å². The van der Waals surface area contributed by atoms with E-state index in [1.807, 2.05) is 72.8 Å². The molecule has 0 saturated carbocycles. The normalized spacial score (nSPS) is 13.7. The number of phenolic OH excluding ortho intramolecular Hbond substituents is 2. The smallest absolute Gasteiger partial charge is 0.128 e. The van der Waals surface area contributed by atoms with Crippen molar-refractivity contribution < 1.29 is 19.7 Å². The molecule has 6 heteroatoms. The summed E-state index contributed by atoms with van der Waals surface area (Å²) < 4.78 is 11.1. The van der Waals surface area contributed by atoms with Crippen LogP contribution in [0.2, 0.25) is 0 Å². The Balaban J connectivity index is 1.89. The van der Waals surface area contributed by atoms with Crippen molar-refractivity contribution in [2.24, 2.45) is 9.98 Å². The summed E-state index contributed by atoms with van der Waals surface area (Å²) in [5.41, 5.74) is 3.98. The van der Waals surface area contributed by atoms with Gasteiger partial charge in [0.1, 0.15) is 35.1 Å². The number of ether oxygens (including phenoxy) is 2. The Kier molecular flexibility index (Phi) is 9.83. The highest BCUT2D eigenvalue weighted by Gasteiger charge is 2.26. The molecule has 0 aliphatic heterocycles. The fraction of sp³-hybridized carbons (Fsp3) is 0.316. The highest BCUT2D eigenvalue weighted by Crippen LogP contribution is 2.40. The molecule has 0 bridgehead atoms. The Labute approximate surface area is 261 Å². The van der Waals surface area contributed by atoms with E-state index in [4.69, 9.17) is 19.5 Å². The minimum Gasteiger partial charge on any atom is -0.507 e. The number of hydrogen-bond acceptors (Lipinski definition) is 6. The third-order valence-electron chi connectivity index (χ3n) is 7.64. The second-order valence-electron chi connectivity index (χ2n) is 13.0. The van der Waals surface area contributed by atoms with E-state index in [0.29, 0.717) is 22.6 Å². The van der Waals surface area contributed by atoms with Gasteiger partial charge in [-0.05, 0) is 46.2 Å². The largest absolute Gasteiger partial charge is 0.507 e. The maximum absolute atomic E-state index is 11.3. The highest BCUT2D eigenvalue weighted by atomic mass is 16.5. The van der Waals surface area contributed by atoms with E-state index >= 15 is 0 Å². The molecule has 0 saturated heterocycles. The van der Waals surface area contributed by atoms with Crippen molar-refractivity contribution in [1.29, 1.82) is 0 Å². The molecule has 0 fully saturated rings. The monoisotopic (exact) mass is 592 g/mol. The average Bonchev–Trinajstić information content (AvgIpc) is 2.99. The van der Waals surface area contributed by atoms with Gasteiger partial charge in [-0.3, -0.25) is 9.98 Å². The quantitative estimate of drug-likeness (QED) is 0.190. The molecule has 4 aromatic carbocycles. The second kappa shape index (κ2) is 13.4. The number of benzene rings is 4. The number of nitrogens with zero attached hydrogens (tertiary/aromatic N) is 2. The lowest BCUT2D eigenvalue weighted by Gasteiger charge is -2.24. The van der Waals surface area contributed by atoms with E-state index in [0.717, 1.165) is 22.3 Å². The van der Waals surface area contributed by atoms with E-state index in [1.54, 1.807) is 38.8 Å². The standard InChI is InChI=1S/C38H44N2O4/c1-37(2,3)31-21-29(43-7)19-27(35(31)41)23-39-33(25-15-11-9-12-16-25)34(26-17-13-10-14-18-26)40-24-28-20-30(44-8)22-32(36(28)42)38(4,5)6/h9-24,33-34,41-42H,1-8H3/t33-,34-/m0/s1. The van der Waals surface area contributed by atoms with E-state index in [9.17, 15) is 10.2 Å². The molecule has 0 amide bonds. The van der Waals surface area contributed by atoms with Gasteiger partial charge in [0.25, 0.3) is 0 Å². The van der Waals surface area contributed by atoms with E-state index in [-0.39, 0.29) is 22.3 Å². The molecule has 0 heterocycles.